The molecule has 2 aromatic carbocycles. The Kier molecular flexibility index (Phi) is 5.37. The monoisotopic (exact) mass is 437 g/mol. The molecule has 0 aromatic heterocycles. The minimum absolute atomic E-state index is 0.0113. The maximum Gasteiger partial charge on any atom is 0.267 e. The van der Waals surface area contributed by atoms with E-state index in [1.807, 2.05) is 0 Å². The first-order valence-corrected chi connectivity index (χ1v) is 11.7. The molecule has 11 heteroatoms. The van der Waals surface area contributed by atoms with Gasteiger partial charge in [-0.3, -0.25) is 9.10 Å². The van der Waals surface area contributed by atoms with Crippen molar-refractivity contribution >= 4 is 43.0 Å². The van der Waals surface area contributed by atoms with Gasteiger partial charge in [-0.25, -0.2) is 21.8 Å². The van der Waals surface area contributed by atoms with Gasteiger partial charge in [-0.15, -0.1) is 0 Å². The number of anilines is 1. The van der Waals surface area contributed by atoms with Crippen LogP contribution in [0.25, 0.3) is 0 Å². The summed E-state index contributed by atoms with van der Waals surface area (Å²) in [6.07, 6.45) is 0.713. The third-order valence-electron chi connectivity index (χ3n) is 4.31. The summed E-state index contributed by atoms with van der Waals surface area (Å²) < 4.78 is 54.9. The first kappa shape index (κ1) is 20.8. The lowest BCUT2D eigenvalue weighted by Crippen LogP contribution is -2.37. The van der Waals surface area contributed by atoms with E-state index in [0.29, 0.717) is 0 Å². The predicted molar refractivity (Wildman–Crippen MR) is 108 cm³/mol. The molecule has 3 rings (SSSR count). The molecule has 1 N–H and O–H groups in total. The Labute approximate surface area is 169 Å². The highest BCUT2D eigenvalue weighted by molar-refractivity contribution is 7.90. The van der Waals surface area contributed by atoms with Gasteiger partial charge in [-0.2, -0.15) is 0 Å². The van der Waals surface area contributed by atoms with Crippen molar-refractivity contribution in [3.05, 3.63) is 42.5 Å². The number of rotatable bonds is 5. The highest BCUT2D eigenvalue weighted by Gasteiger charge is 2.32. The molecule has 0 aliphatic carbocycles. The lowest BCUT2D eigenvalue weighted by atomic mass is 10.2. The van der Waals surface area contributed by atoms with E-state index in [-0.39, 0.29) is 39.2 Å². The normalized spacial score (nSPS) is 15.3. The molecular weight excluding hydrogens is 418 g/mol. The molecule has 29 heavy (non-hydrogen) atoms. The molecule has 0 atom stereocenters. The van der Waals surface area contributed by atoms with Crippen LogP contribution in [0.5, 0.6) is 5.75 Å². The van der Waals surface area contributed by atoms with Crippen LogP contribution in [0.3, 0.4) is 0 Å². The zero-order valence-electron chi connectivity index (χ0n) is 15.9. The molecule has 0 bridgehead atoms. The van der Waals surface area contributed by atoms with Crippen molar-refractivity contribution in [2.45, 2.75) is 16.2 Å². The summed E-state index contributed by atoms with van der Waals surface area (Å²) in [6.45, 7) is 0. The average Bonchev–Trinajstić information content (AvgIpc) is 2.65. The SMILES string of the molecule is COc1ccc(S(C)(=O)=O)cc1NC(=O)CC1=Nc2ccccc2S(=O)(=O)N1C. The molecule has 2 aromatic rings. The number of nitrogens with one attached hydrogen (secondary N) is 1. The number of aliphatic imine (C=N–C) groups is 1. The van der Waals surface area contributed by atoms with Crippen LogP contribution in [-0.4, -0.2) is 53.3 Å². The van der Waals surface area contributed by atoms with Crippen LogP contribution in [0.15, 0.2) is 57.2 Å². The number of hydrogen-bond acceptors (Lipinski definition) is 7. The minimum Gasteiger partial charge on any atom is -0.495 e. The molecule has 0 spiro atoms. The van der Waals surface area contributed by atoms with Crippen LogP contribution >= 0.6 is 0 Å². The number of nitrogens with zero attached hydrogens (tertiary/aromatic N) is 2. The van der Waals surface area contributed by atoms with Crippen molar-refractivity contribution in [1.29, 1.82) is 0 Å². The molecule has 0 saturated carbocycles. The first-order valence-electron chi connectivity index (χ1n) is 8.37. The molecule has 1 heterocycles. The zero-order valence-corrected chi connectivity index (χ0v) is 17.5. The van der Waals surface area contributed by atoms with Gasteiger partial charge in [0, 0.05) is 13.3 Å². The summed E-state index contributed by atoms with van der Waals surface area (Å²) in [5.74, 6) is -0.267. The zero-order chi connectivity index (χ0) is 21.4. The summed E-state index contributed by atoms with van der Waals surface area (Å²) in [7, 11) is -4.59. The van der Waals surface area contributed by atoms with E-state index in [0.717, 1.165) is 10.6 Å². The number of carbonyl (C=O) groups is 1. The first-order chi connectivity index (χ1) is 13.5. The van der Waals surface area contributed by atoms with E-state index >= 15 is 0 Å². The second kappa shape index (κ2) is 7.48. The van der Waals surface area contributed by atoms with Gasteiger partial charge in [0.1, 0.15) is 16.5 Å². The molecule has 154 valence electrons. The second-order valence-electron chi connectivity index (χ2n) is 6.33. The van der Waals surface area contributed by atoms with Crippen molar-refractivity contribution in [2.75, 3.05) is 25.7 Å². The molecule has 0 unspecified atom stereocenters. The van der Waals surface area contributed by atoms with Gasteiger partial charge in [0.15, 0.2) is 9.84 Å². The summed E-state index contributed by atoms with van der Waals surface area (Å²) in [5, 5.41) is 2.56. The predicted octanol–water partition coefficient (Wildman–Crippen LogP) is 1.79. The third-order valence-corrected chi connectivity index (χ3v) is 7.25. The number of ether oxygens (including phenoxy) is 1. The maximum atomic E-state index is 12.6. The van der Waals surface area contributed by atoms with Gasteiger partial charge in [0.2, 0.25) is 5.91 Å². The Bertz CT molecular complexity index is 1220. The van der Waals surface area contributed by atoms with Crippen molar-refractivity contribution in [3.8, 4) is 5.75 Å². The average molecular weight is 437 g/mol. The molecular formula is C18H19N3O6S2. The third kappa shape index (κ3) is 4.10. The smallest absolute Gasteiger partial charge is 0.267 e. The molecule has 0 saturated heterocycles. The van der Waals surface area contributed by atoms with E-state index < -0.39 is 25.8 Å². The van der Waals surface area contributed by atoms with Crippen molar-refractivity contribution in [1.82, 2.24) is 4.31 Å². The summed E-state index contributed by atoms with van der Waals surface area (Å²) >= 11 is 0. The number of hydrogen-bond donors (Lipinski definition) is 1. The minimum atomic E-state index is -3.81. The second-order valence-corrected chi connectivity index (χ2v) is 10.3. The Hall–Kier alpha value is -2.92. The summed E-state index contributed by atoms with van der Waals surface area (Å²) in [5.41, 5.74) is 0.410. The van der Waals surface area contributed by atoms with Gasteiger partial charge in [-0.05, 0) is 30.3 Å². The van der Waals surface area contributed by atoms with Crippen LogP contribution in [-0.2, 0) is 24.7 Å². The fourth-order valence-corrected chi connectivity index (χ4v) is 4.72. The Morgan fingerprint density at radius 2 is 1.90 bits per heavy atom. The maximum absolute atomic E-state index is 12.6. The fourth-order valence-electron chi connectivity index (χ4n) is 2.77. The van der Waals surface area contributed by atoms with E-state index in [1.165, 1.54) is 38.4 Å². The number of sulfone groups is 1. The molecule has 0 radical (unpaired) electrons. The fraction of sp³-hybridized carbons (Fsp3) is 0.222. The molecule has 1 amide bonds. The van der Waals surface area contributed by atoms with Crippen molar-refractivity contribution < 1.29 is 26.4 Å². The number of para-hydroxylation sites is 1. The van der Waals surface area contributed by atoms with Crippen molar-refractivity contribution in [3.63, 3.8) is 0 Å². The highest BCUT2D eigenvalue weighted by atomic mass is 32.2. The highest BCUT2D eigenvalue weighted by Crippen LogP contribution is 2.32. The van der Waals surface area contributed by atoms with Gasteiger partial charge in [0.05, 0.1) is 29.8 Å². The quantitative estimate of drug-likeness (QED) is 0.761. The molecule has 9 nitrogen and oxygen atoms in total. The number of sulfonamides is 1. The van der Waals surface area contributed by atoms with Crippen LogP contribution in [0.1, 0.15) is 6.42 Å². The van der Waals surface area contributed by atoms with Gasteiger partial charge < -0.3 is 10.1 Å². The van der Waals surface area contributed by atoms with Crippen molar-refractivity contribution in [2.24, 2.45) is 4.99 Å². The number of benzene rings is 2. The van der Waals surface area contributed by atoms with E-state index in [1.54, 1.807) is 18.2 Å². The Morgan fingerprint density at radius 1 is 1.21 bits per heavy atom. The van der Waals surface area contributed by atoms with Crippen LogP contribution in [0, 0.1) is 0 Å². The van der Waals surface area contributed by atoms with E-state index in [4.69, 9.17) is 4.74 Å². The van der Waals surface area contributed by atoms with Gasteiger partial charge in [-0.1, -0.05) is 12.1 Å². The lowest BCUT2D eigenvalue weighted by molar-refractivity contribution is -0.115. The number of carbonyl (C=O) groups excluding carboxylic acids is 1. The standard InChI is InChI=1S/C18H19N3O6S2/c1-21-17(19-13-6-4-5-7-16(13)29(21,25)26)11-18(22)20-14-10-12(28(3,23)24)8-9-15(14)27-2/h4-10H,11H2,1-3H3,(H,20,22). The number of amidine groups is 1. The Morgan fingerprint density at radius 3 is 2.55 bits per heavy atom. The topological polar surface area (TPSA) is 122 Å². The largest absolute Gasteiger partial charge is 0.495 e. The van der Waals surface area contributed by atoms with E-state index in [9.17, 15) is 21.6 Å². The summed E-state index contributed by atoms with van der Waals surface area (Å²) in [4.78, 5) is 16.9. The molecule has 0 fully saturated rings. The molecule has 1 aliphatic rings. The van der Waals surface area contributed by atoms with Crippen LogP contribution in [0.2, 0.25) is 0 Å². The van der Waals surface area contributed by atoms with E-state index in [2.05, 4.69) is 10.3 Å². The number of amides is 1. The number of fused-ring (bicyclic) bond motifs is 1. The van der Waals surface area contributed by atoms with Crippen LogP contribution < -0.4 is 10.1 Å². The van der Waals surface area contributed by atoms with Gasteiger partial charge >= 0.3 is 0 Å². The Balaban J connectivity index is 1.90. The van der Waals surface area contributed by atoms with Crippen LogP contribution in [0.4, 0.5) is 11.4 Å². The molecule has 1 aliphatic heterocycles. The van der Waals surface area contributed by atoms with Gasteiger partial charge in [0.25, 0.3) is 10.0 Å². The number of methoxy groups -OCH3 is 1. The lowest BCUT2D eigenvalue weighted by Gasteiger charge is -2.26. The summed E-state index contributed by atoms with van der Waals surface area (Å²) in [6, 6.07) is 10.3.